The molecule has 1 atom stereocenters. The second-order valence-electron chi connectivity index (χ2n) is 3.38. The summed E-state index contributed by atoms with van der Waals surface area (Å²) in [6.07, 6.45) is 0. The fourth-order valence-electron chi connectivity index (χ4n) is 1.38. The van der Waals surface area contributed by atoms with Gasteiger partial charge >= 0.3 is 5.97 Å². The Balaban J connectivity index is 3.02. The molecule has 0 amide bonds. The van der Waals surface area contributed by atoms with Crippen LogP contribution in [0.25, 0.3) is 0 Å². The lowest BCUT2D eigenvalue weighted by Crippen LogP contribution is -2.07. The van der Waals surface area contributed by atoms with Crippen LogP contribution < -0.4 is 5.32 Å². The van der Waals surface area contributed by atoms with Gasteiger partial charge in [-0.15, -0.1) is 0 Å². The van der Waals surface area contributed by atoms with Crippen molar-refractivity contribution in [1.29, 1.82) is 0 Å². The molecule has 2 N–H and O–H groups in total. The standard InChI is InChI=1S/C11H15NO2/c1-7-6-9(8(2)11(13)14)4-5-10(7)12-3/h4-6,8,12H,1-3H3,(H,13,14). The molecule has 1 aromatic carbocycles. The van der Waals surface area contributed by atoms with E-state index in [4.69, 9.17) is 5.11 Å². The number of aryl methyl sites for hydroxylation is 1. The van der Waals surface area contributed by atoms with Crippen LogP contribution in [0, 0.1) is 6.92 Å². The van der Waals surface area contributed by atoms with Gasteiger partial charge in [0.25, 0.3) is 0 Å². The predicted octanol–water partition coefficient (Wildman–Crippen LogP) is 2.22. The van der Waals surface area contributed by atoms with Gasteiger partial charge in [0.2, 0.25) is 0 Å². The second-order valence-corrected chi connectivity index (χ2v) is 3.38. The molecule has 3 nitrogen and oxygen atoms in total. The number of hydrogen-bond acceptors (Lipinski definition) is 2. The first-order valence-electron chi connectivity index (χ1n) is 4.57. The van der Waals surface area contributed by atoms with Crippen LogP contribution in [0.2, 0.25) is 0 Å². The highest BCUT2D eigenvalue weighted by Gasteiger charge is 2.13. The Hall–Kier alpha value is -1.51. The van der Waals surface area contributed by atoms with E-state index in [0.717, 1.165) is 16.8 Å². The molecule has 0 aliphatic carbocycles. The van der Waals surface area contributed by atoms with E-state index >= 15 is 0 Å². The first-order chi connectivity index (χ1) is 6.56. The van der Waals surface area contributed by atoms with Crippen molar-refractivity contribution in [1.82, 2.24) is 0 Å². The Bertz CT molecular complexity index is 347. The van der Waals surface area contributed by atoms with Crippen LogP contribution in [0.15, 0.2) is 18.2 Å². The van der Waals surface area contributed by atoms with Crippen molar-refractivity contribution in [3.05, 3.63) is 29.3 Å². The van der Waals surface area contributed by atoms with E-state index < -0.39 is 11.9 Å². The fourth-order valence-corrected chi connectivity index (χ4v) is 1.38. The van der Waals surface area contributed by atoms with E-state index in [2.05, 4.69) is 5.32 Å². The minimum atomic E-state index is -0.790. The zero-order valence-electron chi connectivity index (χ0n) is 8.66. The number of nitrogens with one attached hydrogen (secondary N) is 1. The van der Waals surface area contributed by atoms with Gasteiger partial charge in [-0.3, -0.25) is 4.79 Å². The van der Waals surface area contributed by atoms with Crippen molar-refractivity contribution < 1.29 is 9.90 Å². The molecule has 0 saturated heterocycles. The Morgan fingerprint density at radius 2 is 2.14 bits per heavy atom. The minimum Gasteiger partial charge on any atom is -0.481 e. The molecule has 0 fully saturated rings. The topological polar surface area (TPSA) is 49.3 Å². The van der Waals surface area contributed by atoms with E-state index in [9.17, 15) is 4.79 Å². The molecular formula is C11H15NO2. The molecular weight excluding hydrogens is 178 g/mol. The van der Waals surface area contributed by atoms with Crippen LogP contribution in [0.1, 0.15) is 24.0 Å². The molecule has 1 unspecified atom stereocenters. The summed E-state index contributed by atoms with van der Waals surface area (Å²) in [6, 6.07) is 5.66. The van der Waals surface area contributed by atoms with Crippen molar-refractivity contribution in [2.24, 2.45) is 0 Å². The lowest BCUT2D eigenvalue weighted by atomic mass is 9.99. The quantitative estimate of drug-likeness (QED) is 0.773. The lowest BCUT2D eigenvalue weighted by Gasteiger charge is -2.10. The number of benzene rings is 1. The number of anilines is 1. The largest absolute Gasteiger partial charge is 0.481 e. The number of carboxylic acids is 1. The third-order valence-electron chi connectivity index (χ3n) is 2.39. The number of carbonyl (C=O) groups is 1. The molecule has 0 aromatic heterocycles. The van der Waals surface area contributed by atoms with Gasteiger partial charge in [-0.05, 0) is 31.0 Å². The summed E-state index contributed by atoms with van der Waals surface area (Å²) in [7, 11) is 1.85. The maximum absolute atomic E-state index is 10.7. The Labute approximate surface area is 83.8 Å². The highest BCUT2D eigenvalue weighted by atomic mass is 16.4. The average Bonchev–Trinajstić information content (AvgIpc) is 2.16. The third-order valence-corrected chi connectivity index (χ3v) is 2.39. The zero-order valence-corrected chi connectivity index (χ0v) is 8.66. The number of rotatable bonds is 3. The molecule has 14 heavy (non-hydrogen) atoms. The van der Waals surface area contributed by atoms with Crippen molar-refractivity contribution in [3.8, 4) is 0 Å². The predicted molar refractivity (Wildman–Crippen MR) is 56.8 cm³/mol. The highest BCUT2D eigenvalue weighted by Crippen LogP contribution is 2.21. The van der Waals surface area contributed by atoms with Crippen molar-refractivity contribution in [2.75, 3.05) is 12.4 Å². The van der Waals surface area contributed by atoms with Crippen molar-refractivity contribution >= 4 is 11.7 Å². The Morgan fingerprint density at radius 3 is 2.57 bits per heavy atom. The second kappa shape index (κ2) is 4.13. The van der Waals surface area contributed by atoms with Gasteiger partial charge in [0.15, 0.2) is 0 Å². The maximum Gasteiger partial charge on any atom is 0.310 e. The van der Waals surface area contributed by atoms with Crippen LogP contribution in [0.3, 0.4) is 0 Å². The third kappa shape index (κ3) is 2.05. The number of aliphatic carboxylic acids is 1. The number of carboxylic acid groups (broad SMARTS) is 1. The number of hydrogen-bond donors (Lipinski definition) is 2. The van der Waals surface area contributed by atoms with E-state index in [1.807, 2.05) is 32.2 Å². The molecule has 0 radical (unpaired) electrons. The summed E-state index contributed by atoms with van der Waals surface area (Å²) in [5.41, 5.74) is 2.94. The van der Waals surface area contributed by atoms with Gasteiger partial charge in [0.05, 0.1) is 5.92 Å². The molecule has 0 spiro atoms. The smallest absolute Gasteiger partial charge is 0.310 e. The zero-order chi connectivity index (χ0) is 10.7. The summed E-state index contributed by atoms with van der Waals surface area (Å²) >= 11 is 0. The normalized spacial score (nSPS) is 12.2. The van der Waals surface area contributed by atoms with E-state index in [1.165, 1.54) is 0 Å². The van der Waals surface area contributed by atoms with E-state index in [1.54, 1.807) is 6.92 Å². The molecule has 3 heteroatoms. The van der Waals surface area contributed by atoms with Gasteiger partial charge < -0.3 is 10.4 Å². The maximum atomic E-state index is 10.7. The minimum absolute atomic E-state index is 0.445. The van der Waals surface area contributed by atoms with Crippen LogP contribution in [-0.2, 0) is 4.79 Å². The van der Waals surface area contributed by atoms with Crippen LogP contribution >= 0.6 is 0 Å². The molecule has 0 bridgehead atoms. The Kier molecular flexibility index (Phi) is 3.12. The van der Waals surface area contributed by atoms with E-state index in [-0.39, 0.29) is 0 Å². The molecule has 76 valence electrons. The lowest BCUT2D eigenvalue weighted by molar-refractivity contribution is -0.138. The van der Waals surface area contributed by atoms with Gasteiger partial charge in [-0.2, -0.15) is 0 Å². The van der Waals surface area contributed by atoms with Crippen LogP contribution in [-0.4, -0.2) is 18.1 Å². The summed E-state index contributed by atoms with van der Waals surface area (Å²) in [4.78, 5) is 10.7. The summed E-state index contributed by atoms with van der Waals surface area (Å²) in [5, 5.41) is 11.9. The van der Waals surface area contributed by atoms with Gasteiger partial charge in [0.1, 0.15) is 0 Å². The van der Waals surface area contributed by atoms with Crippen LogP contribution in [0.4, 0.5) is 5.69 Å². The Morgan fingerprint density at radius 1 is 1.50 bits per heavy atom. The monoisotopic (exact) mass is 193 g/mol. The van der Waals surface area contributed by atoms with Crippen LogP contribution in [0.5, 0.6) is 0 Å². The fraction of sp³-hybridized carbons (Fsp3) is 0.364. The first kappa shape index (κ1) is 10.6. The van der Waals surface area contributed by atoms with Gasteiger partial charge in [0, 0.05) is 12.7 Å². The van der Waals surface area contributed by atoms with Gasteiger partial charge in [-0.1, -0.05) is 12.1 Å². The van der Waals surface area contributed by atoms with E-state index in [0.29, 0.717) is 0 Å². The summed E-state index contributed by atoms with van der Waals surface area (Å²) < 4.78 is 0. The molecule has 0 heterocycles. The molecule has 1 rings (SSSR count). The molecule has 0 aliphatic heterocycles. The molecule has 0 saturated carbocycles. The molecule has 0 aliphatic rings. The van der Waals surface area contributed by atoms with Crippen molar-refractivity contribution in [3.63, 3.8) is 0 Å². The molecule has 1 aromatic rings. The SMILES string of the molecule is CNc1ccc(C(C)C(=O)O)cc1C. The average molecular weight is 193 g/mol. The first-order valence-corrected chi connectivity index (χ1v) is 4.57. The van der Waals surface area contributed by atoms with Gasteiger partial charge in [-0.25, -0.2) is 0 Å². The van der Waals surface area contributed by atoms with Crippen molar-refractivity contribution in [2.45, 2.75) is 19.8 Å². The summed E-state index contributed by atoms with van der Waals surface area (Å²) in [5.74, 6) is -1.23. The summed E-state index contributed by atoms with van der Waals surface area (Å²) in [6.45, 7) is 3.65. The highest BCUT2D eigenvalue weighted by molar-refractivity contribution is 5.76.